The molecule has 0 bridgehead atoms. The fourth-order valence-electron chi connectivity index (χ4n) is 1.97. The molecule has 0 fully saturated rings. The Morgan fingerprint density at radius 2 is 2.10 bits per heavy atom. The minimum Gasteiger partial charge on any atom is -0.399 e. The number of nitrogens with one attached hydrogen (secondary N) is 2. The highest BCUT2D eigenvalue weighted by atomic mass is 32.2. The number of nitrogens with zero attached hydrogens (tertiary/aromatic N) is 1. The summed E-state index contributed by atoms with van der Waals surface area (Å²) in [5.74, 6) is 0. The maximum Gasteiger partial charge on any atom is 0.264 e. The fourth-order valence-corrected chi connectivity index (χ4v) is 3.20. The molecular weight excluding hydrogens is 276 g/mol. The maximum atomic E-state index is 12.4. The Hall–Kier alpha value is -2.54. The second-order valence-electron chi connectivity index (χ2n) is 4.31. The molecule has 6 nitrogen and oxygen atoms in total. The van der Waals surface area contributed by atoms with Crippen molar-refractivity contribution in [1.29, 1.82) is 0 Å². The number of aromatic nitrogens is 2. The molecule has 1 aromatic carbocycles. The van der Waals surface area contributed by atoms with Gasteiger partial charge in [0.15, 0.2) is 0 Å². The van der Waals surface area contributed by atoms with Crippen LogP contribution in [-0.2, 0) is 10.0 Å². The lowest BCUT2D eigenvalue weighted by Crippen LogP contribution is -2.12. The highest BCUT2D eigenvalue weighted by molar-refractivity contribution is 7.93. The van der Waals surface area contributed by atoms with E-state index < -0.39 is 10.0 Å². The molecule has 0 radical (unpaired) electrons. The highest BCUT2D eigenvalue weighted by Gasteiger charge is 2.19. The van der Waals surface area contributed by atoms with E-state index >= 15 is 0 Å². The molecule has 2 aromatic heterocycles. The number of nitrogen functional groups attached to an aromatic ring is 1. The summed E-state index contributed by atoms with van der Waals surface area (Å²) in [5.41, 5.74) is 7.34. The molecule has 20 heavy (non-hydrogen) atoms. The van der Waals surface area contributed by atoms with Gasteiger partial charge in [0, 0.05) is 29.0 Å². The van der Waals surface area contributed by atoms with Gasteiger partial charge in [-0.3, -0.25) is 9.71 Å². The summed E-state index contributed by atoms with van der Waals surface area (Å²) in [6, 6.07) is 8.34. The summed E-state index contributed by atoms with van der Waals surface area (Å²) in [4.78, 5) is 6.96. The van der Waals surface area contributed by atoms with Gasteiger partial charge in [-0.05, 0) is 30.3 Å². The van der Waals surface area contributed by atoms with Crippen molar-refractivity contribution in [3.05, 3.63) is 48.9 Å². The molecular formula is C13H12N4O2S. The van der Waals surface area contributed by atoms with Crippen LogP contribution in [-0.4, -0.2) is 18.4 Å². The first-order valence-corrected chi connectivity index (χ1v) is 7.34. The molecule has 0 unspecified atom stereocenters. The van der Waals surface area contributed by atoms with Crippen molar-refractivity contribution in [3.63, 3.8) is 0 Å². The third kappa shape index (κ3) is 2.19. The van der Waals surface area contributed by atoms with Crippen molar-refractivity contribution in [2.24, 2.45) is 0 Å². The topological polar surface area (TPSA) is 101 Å². The van der Waals surface area contributed by atoms with Gasteiger partial charge in [-0.2, -0.15) is 0 Å². The second kappa shape index (κ2) is 4.53. The number of nitrogens with two attached hydrogens (primary N) is 1. The molecule has 3 aromatic rings. The number of sulfonamides is 1. The maximum absolute atomic E-state index is 12.4. The first-order valence-electron chi connectivity index (χ1n) is 5.86. The van der Waals surface area contributed by atoms with Crippen molar-refractivity contribution in [2.45, 2.75) is 4.90 Å². The second-order valence-corrected chi connectivity index (χ2v) is 5.96. The van der Waals surface area contributed by atoms with Gasteiger partial charge >= 0.3 is 0 Å². The van der Waals surface area contributed by atoms with E-state index in [1.807, 2.05) is 0 Å². The summed E-state index contributed by atoms with van der Waals surface area (Å²) in [6.45, 7) is 0. The van der Waals surface area contributed by atoms with Gasteiger partial charge in [0.1, 0.15) is 4.90 Å². The van der Waals surface area contributed by atoms with Gasteiger partial charge in [-0.15, -0.1) is 0 Å². The molecule has 0 amide bonds. The van der Waals surface area contributed by atoms with Gasteiger partial charge in [-0.25, -0.2) is 8.42 Å². The zero-order chi connectivity index (χ0) is 14.2. The highest BCUT2D eigenvalue weighted by Crippen LogP contribution is 2.25. The third-order valence-electron chi connectivity index (χ3n) is 2.87. The average molecular weight is 288 g/mol. The first-order chi connectivity index (χ1) is 9.56. The van der Waals surface area contributed by atoms with Gasteiger partial charge in [-0.1, -0.05) is 0 Å². The SMILES string of the molecule is Nc1ccc2c(S(=O)(=O)Nc3cccnc3)c[nH]c2c1. The zero-order valence-electron chi connectivity index (χ0n) is 10.4. The van der Waals surface area contributed by atoms with E-state index in [1.165, 1.54) is 12.4 Å². The predicted molar refractivity (Wildman–Crippen MR) is 77.8 cm³/mol. The summed E-state index contributed by atoms with van der Waals surface area (Å²) in [5, 5.41) is 0.593. The van der Waals surface area contributed by atoms with Crippen LogP contribution in [0.4, 0.5) is 11.4 Å². The molecule has 0 saturated carbocycles. The number of anilines is 2. The van der Waals surface area contributed by atoms with E-state index in [2.05, 4.69) is 14.7 Å². The number of rotatable bonds is 3. The Balaban J connectivity index is 2.06. The van der Waals surface area contributed by atoms with Crippen molar-refractivity contribution < 1.29 is 8.42 Å². The minimum atomic E-state index is -3.67. The summed E-state index contributed by atoms with van der Waals surface area (Å²) < 4.78 is 27.2. The number of aromatic amines is 1. The zero-order valence-corrected chi connectivity index (χ0v) is 11.2. The monoisotopic (exact) mass is 288 g/mol. The Morgan fingerprint density at radius 1 is 1.25 bits per heavy atom. The largest absolute Gasteiger partial charge is 0.399 e. The van der Waals surface area contributed by atoms with E-state index in [0.29, 0.717) is 22.3 Å². The summed E-state index contributed by atoms with van der Waals surface area (Å²) in [7, 11) is -3.67. The number of pyridine rings is 1. The van der Waals surface area contributed by atoms with E-state index in [4.69, 9.17) is 5.73 Å². The van der Waals surface area contributed by atoms with Crippen molar-refractivity contribution >= 4 is 32.3 Å². The van der Waals surface area contributed by atoms with Crippen molar-refractivity contribution in [3.8, 4) is 0 Å². The van der Waals surface area contributed by atoms with Crippen LogP contribution in [0.1, 0.15) is 0 Å². The molecule has 3 rings (SSSR count). The molecule has 0 aliphatic carbocycles. The van der Waals surface area contributed by atoms with E-state index in [-0.39, 0.29) is 4.90 Å². The van der Waals surface area contributed by atoms with E-state index in [1.54, 1.807) is 36.5 Å². The van der Waals surface area contributed by atoms with Gasteiger partial charge in [0.2, 0.25) is 0 Å². The lowest BCUT2D eigenvalue weighted by molar-refractivity contribution is 0.602. The normalized spacial score (nSPS) is 11.6. The molecule has 4 N–H and O–H groups in total. The van der Waals surface area contributed by atoms with Crippen molar-refractivity contribution in [2.75, 3.05) is 10.5 Å². The molecule has 2 heterocycles. The van der Waals surface area contributed by atoms with Gasteiger partial charge in [0.05, 0.1) is 11.9 Å². The number of hydrogen-bond acceptors (Lipinski definition) is 4. The number of fused-ring (bicyclic) bond motifs is 1. The third-order valence-corrected chi connectivity index (χ3v) is 4.29. The molecule has 7 heteroatoms. The first kappa shape index (κ1) is 12.5. The predicted octanol–water partition coefficient (Wildman–Crippen LogP) is 1.95. The van der Waals surface area contributed by atoms with Crippen LogP contribution < -0.4 is 10.5 Å². The number of H-pyrrole nitrogens is 1. The van der Waals surface area contributed by atoms with E-state index in [0.717, 1.165) is 0 Å². The van der Waals surface area contributed by atoms with E-state index in [9.17, 15) is 8.42 Å². The van der Waals surface area contributed by atoms with Crippen LogP contribution in [0, 0.1) is 0 Å². The summed E-state index contributed by atoms with van der Waals surface area (Å²) in [6.07, 6.45) is 4.47. The van der Waals surface area contributed by atoms with Crippen LogP contribution in [0.15, 0.2) is 53.8 Å². The summed E-state index contributed by atoms with van der Waals surface area (Å²) >= 11 is 0. The van der Waals surface area contributed by atoms with Crippen LogP contribution in [0.2, 0.25) is 0 Å². The molecule has 102 valence electrons. The molecule has 0 aliphatic rings. The standard InChI is InChI=1S/C13H12N4O2S/c14-9-3-4-11-12(6-9)16-8-13(11)20(18,19)17-10-2-1-5-15-7-10/h1-8,16-17H,14H2. The fraction of sp³-hybridized carbons (Fsp3) is 0. The van der Waals surface area contributed by atoms with Crippen LogP contribution in [0.3, 0.4) is 0 Å². The number of benzene rings is 1. The smallest absolute Gasteiger partial charge is 0.264 e. The molecule has 0 spiro atoms. The van der Waals surface area contributed by atoms with Crippen LogP contribution >= 0.6 is 0 Å². The quantitative estimate of drug-likeness (QED) is 0.641. The lowest BCUT2D eigenvalue weighted by atomic mass is 10.2. The Bertz CT molecular complexity index is 856. The van der Waals surface area contributed by atoms with Gasteiger partial charge < -0.3 is 10.7 Å². The average Bonchev–Trinajstić information content (AvgIpc) is 2.83. The van der Waals surface area contributed by atoms with Crippen LogP contribution in [0.5, 0.6) is 0 Å². The molecule has 0 atom stereocenters. The Morgan fingerprint density at radius 3 is 2.85 bits per heavy atom. The van der Waals surface area contributed by atoms with Gasteiger partial charge in [0.25, 0.3) is 10.0 Å². The Labute approximate surface area is 115 Å². The lowest BCUT2D eigenvalue weighted by Gasteiger charge is -2.06. The molecule has 0 saturated heterocycles. The van der Waals surface area contributed by atoms with Crippen LogP contribution in [0.25, 0.3) is 10.9 Å². The molecule has 0 aliphatic heterocycles. The van der Waals surface area contributed by atoms with Crippen molar-refractivity contribution in [1.82, 2.24) is 9.97 Å². The minimum absolute atomic E-state index is 0.177. The number of hydrogen-bond donors (Lipinski definition) is 3. The Kier molecular flexibility index (Phi) is 2.83.